The Morgan fingerprint density at radius 2 is 0.898 bits per heavy atom. The molecule has 0 aliphatic carbocycles. The van der Waals surface area contributed by atoms with Crippen LogP contribution in [0.3, 0.4) is 0 Å². The summed E-state index contributed by atoms with van der Waals surface area (Å²) in [7, 11) is 1.66. The van der Waals surface area contributed by atoms with Crippen molar-refractivity contribution in [1.82, 2.24) is 0 Å². The van der Waals surface area contributed by atoms with Gasteiger partial charge in [0.2, 0.25) is 0 Å². The van der Waals surface area contributed by atoms with Gasteiger partial charge in [0.1, 0.15) is 23.0 Å². The molecular weight excluding hydrogens is 612 g/mol. The molecule has 5 rings (SSSR count). The number of esters is 2. The van der Waals surface area contributed by atoms with Crippen molar-refractivity contribution in [2.24, 2.45) is 0 Å². The minimum absolute atomic E-state index is 0.138. The Morgan fingerprint density at radius 3 is 1.29 bits per heavy atom. The van der Waals surface area contributed by atoms with Crippen LogP contribution in [0, 0.1) is 0 Å². The molecule has 6 nitrogen and oxygen atoms in total. The van der Waals surface area contributed by atoms with Gasteiger partial charge in [-0.25, -0.2) is 4.79 Å². The van der Waals surface area contributed by atoms with Crippen LogP contribution < -0.4 is 14.2 Å². The topological polar surface area (TPSA) is 78.9 Å². The van der Waals surface area contributed by atoms with E-state index in [1.165, 1.54) is 12.5 Å². The summed E-state index contributed by atoms with van der Waals surface area (Å²) < 4.78 is 15.7. The lowest BCUT2D eigenvalue weighted by atomic mass is 9.78. The van der Waals surface area contributed by atoms with Crippen LogP contribution in [0.25, 0.3) is 0 Å². The standard InChI is InChI=1S/C25H24O3.C18H20O3/c1-18(26)17-19-9-11-21(12-10-19)25(2,3)22-13-15-23(16-14-22)28-24(27)20-7-5-4-6-8-20;1-13(19)21-17-11-7-15(8-12-17)18(2,3)14-5-9-16(20-4)10-6-14/h4-16H,17H2,1-3H3;5-12H,1-4H3. The van der Waals surface area contributed by atoms with Gasteiger partial charge < -0.3 is 14.2 Å². The molecule has 0 heterocycles. The highest BCUT2D eigenvalue weighted by atomic mass is 16.5. The molecule has 0 bridgehead atoms. The first-order valence-electron chi connectivity index (χ1n) is 16.2. The first kappa shape index (κ1) is 36.3. The van der Waals surface area contributed by atoms with Crippen molar-refractivity contribution in [3.8, 4) is 17.2 Å². The van der Waals surface area contributed by atoms with Gasteiger partial charge in [0.05, 0.1) is 12.7 Å². The molecule has 5 aromatic rings. The minimum Gasteiger partial charge on any atom is -0.497 e. The number of carbonyl (C=O) groups excluding carboxylic acids is 3. The number of hydrogen-bond donors (Lipinski definition) is 0. The number of ether oxygens (including phenoxy) is 3. The van der Waals surface area contributed by atoms with E-state index in [9.17, 15) is 14.4 Å². The summed E-state index contributed by atoms with van der Waals surface area (Å²) in [5, 5.41) is 0. The van der Waals surface area contributed by atoms with E-state index in [1.807, 2.05) is 91.0 Å². The molecule has 0 saturated carbocycles. The van der Waals surface area contributed by atoms with Crippen molar-refractivity contribution in [2.45, 2.75) is 58.8 Å². The van der Waals surface area contributed by atoms with Gasteiger partial charge in [-0.05, 0) is 83.3 Å². The van der Waals surface area contributed by atoms with Gasteiger partial charge in [-0.1, -0.05) is 107 Å². The number of Topliss-reactive ketones (excluding diaryl/α,β-unsaturated/α-hetero) is 1. The van der Waals surface area contributed by atoms with Gasteiger partial charge >= 0.3 is 11.9 Å². The number of rotatable bonds is 10. The van der Waals surface area contributed by atoms with Crippen molar-refractivity contribution >= 4 is 17.7 Å². The van der Waals surface area contributed by atoms with Crippen LogP contribution in [0.4, 0.5) is 0 Å². The van der Waals surface area contributed by atoms with Gasteiger partial charge in [0.15, 0.2) is 0 Å². The minimum atomic E-state index is -0.367. The normalized spacial score (nSPS) is 11.1. The zero-order valence-electron chi connectivity index (χ0n) is 29.3. The summed E-state index contributed by atoms with van der Waals surface area (Å²) >= 11 is 0. The summed E-state index contributed by atoms with van der Waals surface area (Å²) in [5.41, 5.74) is 5.83. The molecule has 0 saturated heterocycles. The molecule has 252 valence electrons. The Balaban J connectivity index is 0.000000230. The second-order valence-electron chi connectivity index (χ2n) is 13.0. The third-order valence-corrected chi connectivity index (χ3v) is 8.57. The molecule has 0 spiro atoms. The summed E-state index contributed by atoms with van der Waals surface area (Å²) in [5.74, 6) is 1.42. The fraction of sp³-hybridized carbons (Fsp3) is 0.233. The van der Waals surface area contributed by atoms with Crippen molar-refractivity contribution in [3.63, 3.8) is 0 Å². The quantitative estimate of drug-likeness (QED) is 0.110. The highest BCUT2D eigenvalue weighted by Crippen LogP contribution is 2.34. The Bertz CT molecular complexity index is 1840. The Hall–Kier alpha value is -5.49. The number of ketones is 1. The average molecular weight is 657 g/mol. The highest BCUT2D eigenvalue weighted by molar-refractivity contribution is 5.91. The molecule has 0 amide bonds. The molecule has 5 aromatic carbocycles. The fourth-order valence-electron chi connectivity index (χ4n) is 5.45. The zero-order valence-corrected chi connectivity index (χ0v) is 29.3. The van der Waals surface area contributed by atoms with E-state index in [4.69, 9.17) is 14.2 Å². The smallest absolute Gasteiger partial charge is 0.343 e. The third kappa shape index (κ3) is 9.77. The van der Waals surface area contributed by atoms with Crippen LogP contribution in [0.1, 0.15) is 79.7 Å². The molecule has 0 aromatic heterocycles. The summed E-state index contributed by atoms with van der Waals surface area (Å²) in [6.07, 6.45) is 0.461. The Morgan fingerprint density at radius 1 is 0.510 bits per heavy atom. The molecule has 49 heavy (non-hydrogen) atoms. The second-order valence-corrected chi connectivity index (χ2v) is 13.0. The maximum absolute atomic E-state index is 12.2. The molecule has 0 aliphatic rings. The van der Waals surface area contributed by atoms with Crippen LogP contribution in [0.5, 0.6) is 17.2 Å². The van der Waals surface area contributed by atoms with Crippen LogP contribution in [0.2, 0.25) is 0 Å². The number of carbonyl (C=O) groups is 3. The fourth-order valence-corrected chi connectivity index (χ4v) is 5.45. The largest absolute Gasteiger partial charge is 0.497 e. The molecule has 0 aliphatic heterocycles. The van der Waals surface area contributed by atoms with E-state index in [1.54, 1.807) is 26.2 Å². The molecule has 0 radical (unpaired) electrons. The van der Waals surface area contributed by atoms with E-state index in [2.05, 4.69) is 52.0 Å². The number of benzene rings is 5. The lowest BCUT2D eigenvalue weighted by molar-refractivity contribution is -0.131. The molecule has 0 unspecified atom stereocenters. The van der Waals surface area contributed by atoms with Crippen LogP contribution in [-0.4, -0.2) is 24.8 Å². The van der Waals surface area contributed by atoms with Crippen molar-refractivity contribution in [1.29, 1.82) is 0 Å². The van der Waals surface area contributed by atoms with Gasteiger partial charge in [0, 0.05) is 24.2 Å². The zero-order chi connectivity index (χ0) is 35.6. The predicted octanol–water partition coefficient (Wildman–Crippen LogP) is 9.31. The van der Waals surface area contributed by atoms with Crippen molar-refractivity contribution in [3.05, 3.63) is 161 Å². The summed E-state index contributed by atoms with van der Waals surface area (Å²) in [4.78, 5) is 34.4. The van der Waals surface area contributed by atoms with Crippen LogP contribution in [-0.2, 0) is 26.8 Å². The van der Waals surface area contributed by atoms with E-state index < -0.39 is 0 Å². The highest BCUT2D eigenvalue weighted by Gasteiger charge is 2.24. The maximum Gasteiger partial charge on any atom is 0.343 e. The summed E-state index contributed by atoms with van der Waals surface area (Å²) in [6.45, 7) is 11.6. The number of methoxy groups -OCH3 is 1. The maximum atomic E-state index is 12.2. The molecule has 6 heteroatoms. The average Bonchev–Trinajstić information content (AvgIpc) is 3.09. The van der Waals surface area contributed by atoms with Crippen molar-refractivity contribution < 1.29 is 28.6 Å². The Kier molecular flexibility index (Phi) is 11.9. The van der Waals surface area contributed by atoms with Crippen LogP contribution in [0.15, 0.2) is 127 Å². The molecule has 0 fully saturated rings. The first-order valence-corrected chi connectivity index (χ1v) is 16.2. The SMILES string of the molecule is CC(=O)Cc1ccc(C(C)(C)c2ccc(OC(=O)c3ccccc3)cc2)cc1.COc1ccc(C(C)(C)c2ccc(OC(C)=O)cc2)cc1. The first-order chi connectivity index (χ1) is 23.3. The lowest BCUT2D eigenvalue weighted by Gasteiger charge is -2.26. The predicted molar refractivity (Wildman–Crippen MR) is 194 cm³/mol. The molecule has 0 N–H and O–H groups in total. The second kappa shape index (κ2) is 16.1. The monoisotopic (exact) mass is 656 g/mol. The molecular formula is C43H44O6. The van der Waals surface area contributed by atoms with Crippen LogP contribution >= 0.6 is 0 Å². The van der Waals surface area contributed by atoms with Crippen molar-refractivity contribution in [2.75, 3.05) is 7.11 Å². The van der Waals surface area contributed by atoms with Gasteiger partial charge in [-0.3, -0.25) is 9.59 Å². The third-order valence-electron chi connectivity index (χ3n) is 8.57. The molecule has 0 atom stereocenters. The van der Waals surface area contributed by atoms with Gasteiger partial charge in [-0.2, -0.15) is 0 Å². The summed E-state index contributed by atoms with van der Waals surface area (Å²) in [6, 6.07) is 40.4. The van der Waals surface area contributed by atoms with E-state index in [0.29, 0.717) is 23.5 Å². The van der Waals surface area contributed by atoms with Gasteiger partial charge in [0.25, 0.3) is 0 Å². The Labute approximate surface area is 289 Å². The van der Waals surface area contributed by atoms with E-state index in [0.717, 1.165) is 28.0 Å². The van der Waals surface area contributed by atoms with E-state index >= 15 is 0 Å². The van der Waals surface area contributed by atoms with E-state index in [-0.39, 0.29) is 28.6 Å². The lowest BCUT2D eigenvalue weighted by Crippen LogP contribution is -2.19. The number of hydrogen-bond acceptors (Lipinski definition) is 6. The van der Waals surface area contributed by atoms with Gasteiger partial charge in [-0.15, -0.1) is 0 Å².